The summed E-state index contributed by atoms with van der Waals surface area (Å²) < 4.78 is 0. The maximum absolute atomic E-state index is 10.3. The molecule has 0 saturated heterocycles. The smallest absolute Gasteiger partial charge is 0.245 e. The average Bonchev–Trinajstić information content (AvgIpc) is 1.84. The summed E-state index contributed by atoms with van der Waals surface area (Å²) >= 11 is 0. The first-order valence-corrected chi connectivity index (χ1v) is 2.83. The van der Waals surface area contributed by atoms with E-state index in [9.17, 15) is 4.79 Å². The van der Waals surface area contributed by atoms with Crippen molar-refractivity contribution in [2.75, 3.05) is 0 Å². The molecule has 1 unspecified atom stereocenters. The summed E-state index contributed by atoms with van der Waals surface area (Å²) in [5, 5.41) is 0. The van der Waals surface area contributed by atoms with Crippen molar-refractivity contribution in [2.45, 2.75) is 19.4 Å². The number of nitrogens with two attached hydrogens (primary N) is 2. The van der Waals surface area contributed by atoms with E-state index in [0.717, 1.165) is 0 Å². The van der Waals surface area contributed by atoms with Gasteiger partial charge in [-0.1, -0.05) is 13.5 Å². The molecule has 3 nitrogen and oxygen atoms in total. The van der Waals surface area contributed by atoms with Gasteiger partial charge in [0.1, 0.15) is 0 Å². The molecule has 1 atom stereocenters. The van der Waals surface area contributed by atoms with Crippen LogP contribution in [0.3, 0.4) is 0 Å². The molecule has 0 aliphatic carbocycles. The summed E-state index contributed by atoms with van der Waals surface area (Å²) in [7, 11) is 0. The molecule has 0 aromatic carbocycles. The van der Waals surface area contributed by atoms with E-state index in [0.29, 0.717) is 12.0 Å². The Balaban J connectivity index is 3.88. The van der Waals surface area contributed by atoms with Crippen molar-refractivity contribution in [3.05, 3.63) is 12.2 Å². The van der Waals surface area contributed by atoms with Gasteiger partial charge in [-0.2, -0.15) is 0 Å². The highest BCUT2D eigenvalue weighted by Crippen LogP contribution is 1.97. The summed E-state index contributed by atoms with van der Waals surface area (Å²) in [5.41, 5.74) is 10.6. The number of carbonyl (C=O) groups is 1. The zero-order chi connectivity index (χ0) is 7.44. The Morgan fingerprint density at radius 1 is 1.78 bits per heavy atom. The van der Waals surface area contributed by atoms with E-state index >= 15 is 0 Å². The van der Waals surface area contributed by atoms with Gasteiger partial charge in [0.05, 0.1) is 0 Å². The summed E-state index contributed by atoms with van der Waals surface area (Å²) in [6.45, 7) is 5.30. The van der Waals surface area contributed by atoms with Crippen LogP contribution >= 0.6 is 0 Å². The zero-order valence-electron chi connectivity index (χ0n) is 5.55. The first kappa shape index (κ1) is 8.17. The summed E-state index contributed by atoms with van der Waals surface area (Å²) in [4.78, 5) is 10.3. The Morgan fingerprint density at radius 2 is 2.22 bits per heavy atom. The van der Waals surface area contributed by atoms with Crippen molar-refractivity contribution in [3.63, 3.8) is 0 Å². The highest BCUT2D eigenvalue weighted by molar-refractivity contribution is 5.92. The third-order valence-electron chi connectivity index (χ3n) is 1.20. The molecule has 0 bridgehead atoms. The van der Waals surface area contributed by atoms with Crippen LogP contribution in [-0.2, 0) is 4.79 Å². The minimum atomic E-state index is -0.510. The minimum Gasteiger partial charge on any atom is -0.366 e. The quantitative estimate of drug-likeness (QED) is 0.515. The maximum atomic E-state index is 10.3. The first-order chi connectivity index (χ1) is 4.09. The molecule has 0 saturated carbocycles. The molecule has 3 heteroatoms. The predicted octanol–water partition coefficient (Wildman–Crippen LogP) is -0.235. The van der Waals surface area contributed by atoms with Crippen molar-refractivity contribution in [3.8, 4) is 0 Å². The van der Waals surface area contributed by atoms with Crippen molar-refractivity contribution < 1.29 is 4.79 Å². The Bertz CT molecular complexity index is 131. The van der Waals surface area contributed by atoms with Gasteiger partial charge < -0.3 is 11.5 Å². The van der Waals surface area contributed by atoms with Gasteiger partial charge in [-0.15, -0.1) is 0 Å². The van der Waals surface area contributed by atoms with Gasteiger partial charge in [0.15, 0.2) is 0 Å². The number of hydrogen-bond donors (Lipinski definition) is 2. The molecule has 0 aromatic rings. The Hall–Kier alpha value is -0.830. The highest BCUT2D eigenvalue weighted by atomic mass is 16.1. The molecular formula is C6H12N2O. The highest BCUT2D eigenvalue weighted by Gasteiger charge is 2.08. The second kappa shape index (κ2) is 3.25. The fourth-order valence-corrected chi connectivity index (χ4v) is 0.429. The monoisotopic (exact) mass is 128 g/mol. The third kappa shape index (κ3) is 2.28. The zero-order valence-corrected chi connectivity index (χ0v) is 5.55. The molecule has 0 fully saturated rings. The van der Waals surface area contributed by atoms with Gasteiger partial charge in [0, 0.05) is 11.6 Å². The van der Waals surface area contributed by atoms with Crippen LogP contribution in [0.1, 0.15) is 13.3 Å². The van der Waals surface area contributed by atoms with Gasteiger partial charge >= 0.3 is 0 Å². The number of hydrogen-bond acceptors (Lipinski definition) is 2. The van der Waals surface area contributed by atoms with Gasteiger partial charge in [-0.25, -0.2) is 0 Å². The average molecular weight is 128 g/mol. The fraction of sp³-hybridized carbons (Fsp3) is 0.500. The minimum absolute atomic E-state index is 0.275. The Morgan fingerprint density at radius 3 is 2.33 bits per heavy atom. The second-order valence-electron chi connectivity index (χ2n) is 1.90. The van der Waals surface area contributed by atoms with Crippen LogP contribution in [-0.4, -0.2) is 11.9 Å². The molecular weight excluding hydrogens is 116 g/mol. The van der Waals surface area contributed by atoms with E-state index in [1.165, 1.54) is 0 Å². The van der Waals surface area contributed by atoms with Gasteiger partial charge in [-0.3, -0.25) is 4.79 Å². The standard InChI is InChI=1S/C6H12N2O/c1-3-5(7)4(2)6(8)9/h5H,2-3,7H2,1H3,(H2,8,9). The predicted molar refractivity (Wildman–Crippen MR) is 36.6 cm³/mol. The Labute approximate surface area is 54.7 Å². The fourth-order valence-electron chi connectivity index (χ4n) is 0.429. The molecule has 4 N–H and O–H groups in total. The molecule has 0 spiro atoms. The molecule has 0 heterocycles. The summed E-state index contributed by atoms with van der Waals surface area (Å²) in [5.74, 6) is -0.510. The van der Waals surface area contributed by atoms with E-state index in [1.54, 1.807) is 0 Å². The van der Waals surface area contributed by atoms with E-state index in [1.807, 2.05) is 6.92 Å². The Kier molecular flexibility index (Phi) is 2.95. The van der Waals surface area contributed by atoms with Crippen LogP contribution in [0.4, 0.5) is 0 Å². The lowest BCUT2D eigenvalue weighted by molar-refractivity contribution is -0.114. The van der Waals surface area contributed by atoms with Crippen LogP contribution in [0.15, 0.2) is 12.2 Å². The molecule has 0 rings (SSSR count). The normalized spacial score (nSPS) is 12.7. The summed E-state index contributed by atoms with van der Waals surface area (Å²) in [6, 6.07) is -0.275. The van der Waals surface area contributed by atoms with Crippen LogP contribution in [0.5, 0.6) is 0 Å². The van der Waals surface area contributed by atoms with Crippen molar-refractivity contribution in [1.29, 1.82) is 0 Å². The van der Waals surface area contributed by atoms with Gasteiger partial charge in [0.2, 0.25) is 5.91 Å². The van der Waals surface area contributed by atoms with Crippen LogP contribution in [0.2, 0.25) is 0 Å². The van der Waals surface area contributed by atoms with Crippen LogP contribution in [0.25, 0.3) is 0 Å². The molecule has 9 heavy (non-hydrogen) atoms. The molecule has 1 amide bonds. The third-order valence-corrected chi connectivity index (χ3v) is 1.20. The van der Waals surface area contributed by atoms with E-state index in [4.69, 9.17) is 11.5 Å². The number of primary amides is 1. The lowest BCUT2D eigenvalue weighted by Gasteiger charge is -2.06. The molecule has 52 valence electrons. The largest absolute Gasteiger partial charge is 0.366 e. The van der Waals surface area contributed by atoms with E-state index < -0.39 is 5.91 Å². The van der Waals surface area contributed by atoms with E-state index in [-0.39, 0.29) is 6.04 Å². The molecule has 0 aromatic heterocycles. The molecule has 0 aliphatic rings. The maximum Gasteiger partial charge on any atom is 0.245 e. The summed E-state index contributed by atoms with van der Waals surface area (Å²) in [6.07, 6.45) is 0.696. The van der Waals surface area contributed by atoms with Crippen LogP contribution < -0.4 is 11.5 Å². The first-order valence-electron chi connectivity index (χ1n) is 2.83. The van der Waals surface area contributed by atoms with Gasteiger partial charge in [0.25, 0.3) is 0 Å². The van der Waals surface area contributed by atoms with Crippen molar-refractivity contribution in [2.24, 2.45) is 11.5 Å². The van der Waals surface area contributed by atoms with Gasteiger partial charge in [-0.05, 0) is 6.42 Å². The van der Waals surface area contributed by atoms with Crippen molar-refractivity contribution >= 4 is 5.91 Å². The lowest BCUT2D eigenvalue weighted by atomic mass is 10.1. The second-order valence-corrected chi connectivity index (χ2v) is 1.90. The SMILES string of the molecule is C=C(C(N)=O)C(N)CC. The van der Waals surface area contributed by atoms with E-state index in [2.05, 4.69) is 6.58 Å². The number of amides is 1. The van der Waals surface area contributed by atoms with Crippen molar-refractivity contribution in [1.82, 2.24) is 0 Å². The number of rotatable bonds is 3. The number of carbonyl (C=O) groups excluding carboxylic acids is 1. The topological polar surface area (TPSA) is 69.1 Å². The molecule has 0 radical (unpaired) electrons. The molecule has 0 aliphatic heterocycles. The van der Waals surface area contributed by atoms with Crippen LogP contribution in [0, 0.1) is 0 Å². The lowest BCUT2D eigenvalue weighted by Crippen LogP contribution is -2.29.